The minimum absolute atomic E-state index is 0.0416. The molecule has 0 spiro atoms. The Morgan fingerprint density at radius 3 is 2.86 bits per heavy atom. The van der Waals surface area contributed by atoms with Gasteiger partial charge in [-0.2, -0.15) is 4.98 Å². The Morgan fingerprint density at radius 2 is 2.24 bits per heavy atom. The van der Waals surface area contributed by atoms with Gasteiger partial charge in [0.1, 0.15) is 5.82 Å². The highest BCUT2D eigenvalue weighted by molar-refractivity contribution is 6.03. The molecule has 2 aliphatic heterocycles. The van der Waals surface area contributed by atoms with Crippen molar-refractivity contribution in [3.63, 3.8) is 0 Å². The van der Waals surface area contributed by atoms with Crippen LogP contribution in [0.25, 0.3) is 0 Å². The van der Waals surface area contributed by atoms with E-state index in [2.05, 4.69) is 4.98 Å². The number of alkyl halides is 2. The number of rotatable bonds is 4. The Morgan fingerprint density at radius 1 is 1.52 bits per heavy atom. The molecular weight excluding hydrogens is 386 g/mol. The molecule has 2 atom stereocenters. The summed E-state index contributed by atoms with van der Waals surface area (Å²) < 4.78 is 35.3. The molecule has 9 nitrogen and oxygen atoms in total. The first-order chi connectivity index (χ1) is 13.6. The first-order valence-corrected chi connectivity index (χ1v) is 9.20. The normalized spacial score (nSPS) is 26.1. The minimum Gasteiger partial charge on any atom is -0.383 e. The maximum absolute atomic E-state index is 14.5. The van der Waals surface area contributed by atoms with E-state index in [4.69, 9.17) is 15.9 Å². The lowest BCUT2D eigenvalue weighted by molar-refractivity contribution is -0.125. The fraction of sp³-hybridized carbons (Fsp3) is 0.556. The summed E-state index contributed by atoms with van der Waals surface area (Å²) >= 11 is 0. The third-order valence-electron chi connectivity index (χ3n) is 4.99. The number of nitrogens with zero attached hydrogens (tertiary/aromatic N) is 4. The number of likely N-dealkylation sites (tertiary alicyclic amines) is 1. The van der Waals surface area contributed by atoms with Crippen LogP contribution in [-0.4, -0.2) is 76.7 Å². The van der Waals surface area contributed by atoms with E-state index in [9.17, 15) is 18.4 Å². The van der Waals surface area contributed by atoms with Gasteiger partial charge in [-0.15, -0.1) is 0 Å². The van der Waals surface area contributed by atoms with Crippen LogP contribution in [0.5, 0.6) is 0 Å². The summed E-state index contributed by atoms with van der Waals surface area (Å²) in [5, 5.41) is 6.08. The van der Waals surface area contributed by atoms with Crippen LogP contribution in [-0.2, 0) is 9.53 Å². The lowest BCUT2D eigenvalue weighted by atomic mass is 10.0. The number of anilines is 1. The molecule has 1 amide bonds. The Bertz CT molecular complexity index is 898. The number of likely N-dealkylation sites (N-methyl/N-ethyl adjacent to an activating group) is 1. The van der Waals surface area contributed by atoms with Crippen molar-refractivity contribution in [2.75, 3.05) is 39.5 Å². The minimum atomic E-state index is -3.22. The smallest absolute Gasteiger partial charge is 0.351 e. The van der Waals surface area contributed by atoms with E-state index in [1.807, 2.05) is 4.90 Å². The van der Waals surface area contributed by atoms with Gasteiger partial charge in [0, 0.05) is 51.5 Å². The Hall–Kier alpha value is -2.66. The summed E-state index contributed by atoms with van der Waals surface area (Å²) in [7, 11) is 3.31. The number of halogens is 2. The van der Waals surface area contributed by atoms with E-state index in [0.717, 1.165) is 16.3 Å². The molecule has 3 heterocycles. The van der Waals surface area contributed by atoms with Crippen molar-refractivity contribution in [1.29, 1.82) is 0 Å². The van der Waals surface area contributed by atoms with Crippen molar-refractivity contribution in [1.82, 2.24) is 19.4 Å². The van der Waals surface area contributed by atoms with Gasteiger partial charge in [-0.1, -0.05) is 0 Å². The Kier molecular flexibility index (Phi) is 5.80. The van der Waals surface area contributed by atoms with Crippen LogP contribution in [0.1, 0.15) is 19.1 Å². The second kappa shape index (κ2) is 7.99. The molecule has 0 saturated carbocycles. The number of nitrogens with two attached hydrogens (primary N) is 2. The second-order valence-corrected chi connectivity index (χ2v) is 7.53. The van der Waals surface area contributed by atoms with Crippen LogP contribution in [0.15, 0.2) is 28.7 Å². The third-order valence-corrected chi connectivity index (χ3v) is 4.99. The molecule has 0 radical (unpaired) electrons. The number of piperidine rings is 1. The third kappa shape index (κ3) is 4.67. The molecule has 3 rings (SSSR count). The average molecular weight is 411 g/mol. The number of hydrogen-bond acceptors (Lipinski definition) is 6. The molecule has 29 heavy (non-hydrogen) atoms. The zero-order valence-corrected chi connectivity index (χ0v) is 16.3. The predicted octanol–water partition coefficient (Wildman–Crippen LogP) is -1.33. The molecule has 0 bridgehead atoms. The highest BCUT2D eigenvalue weighted by atomic mass is 19.3. The zero-order chi connectivity index (χ0) is 21.3. The second-order valence-electron chi connectivity index (χ2n) is 7.53. The molecule has 0 aromatic carbocycles. The van der Waals surface area contributed by atoms with E-state index in [1.165, 1.54) is 17.0 Å². The molecule has 4 N–H and O–H groups in total. The highest BCUT2D eigenvalue weighted by Gasteiger charge is 2.52. The van der Waals surface area contributed by atoms with Gasteiger partial charge in [-0.05, 0) is 12.5 Å². The molecule has 1 aromatic rings. The monoisotopic (exact) mass is 411 g/mol. The molecule has 2 saturated heterocycles. The first-order valence-electron chi connectivity index (χ1n) is 9.20. The average Bonchev–Trinajstić information content (AvgIpc) is 2.91. The van der Waals surface area contributed by atoms with Crippen LogP contribution in [0, 0.1) is 0 Å². The van der Waals surface area contributed by atoms with Crippen LogP contribution in [0.4, 0.5) is 14.6 Å². The van der Waals surface area contributed by atoms with Gasteiger partial charge in [0.05, 0.1) is 12.6 Å². The van der Waals surface area contributed by atoms with E-state index in [1.54, 1.807) is 14.1 Å². The van der Waals surface area contributed by atoms with Gasteiger partial charge in [-0.25, -0.2) is 13.6 Å². The number of aromatic nitrogens is 2. The van der Waals surface area contributed by atoms with Crippen molar-refractivity contribution >= 4 is 17.4 Å². The largest absolute Gasteiger partial charge is 0.383 e. The molecule has 11 heteroatoms. The number of nitrogen functional groups attached to an aromatic ring is 1. The van der Waals surface area contributed by atoms with Crippen LogP contribution < -0.4 is 16.8 Å². The van der Waals surface area contributed by atoms with E-state index >= 15 is 0 Å². The van der Waals surface area contributed by atoms with Crippen LogP contribution >= 0.6 is 0 Å². The highest BCUT2D eigenvalue weighted by Crippen LogP contribution is 2.42. The molecular formula is C18H25F2N6O3+. The number of amides is 1. The first kappa shape index (κ1) is 21.1. The summed E-state index contributed by atoms with van der Waals surface area (Å²) in [4.78, 5) is 30.6. The van der Waals surface area contributed by atoms with Crippen molar-refractivity contribution in [3.8, 4) is 0 Å². The Balaban J connectivity index is 1.64. The van der Waals surface area contributed by atoms with Gasteiger partial charge in [-0.3, -0.25) is 19.7 Å². The number of ether oxygens (including phenoxy) is 1. The fourth-order valence-corrected chi connectivity index (χ4v) is 3.46. The van der Waals surface area contributed by atoms with Gasteiger partial charge >= 0.3 is 5.69 Å². The summed E-state index contributed by atoms with van der Waals surface area (Å²) in [6, 6.07) is 1.28. The van der Waals surface area contributed by atoms with E-state index < -0.39 is 30.4 Å². The van der Waals surface area contributed by atoms with Gasteiger partial charge in [0.2, 0.25) is 12.1 Å². The lowest BCUT2D eigenvalue weighted by Gasteiger charge is -2.28. The maximum Gasteiger partial charge on any atom is 0.351 e. The van der Waals surface area contributed by atoms with Crippen LogP contribution in [0.2, 0.25) is 0 Å². The summed E-state index contributed by atoms with van der Waals surface area (Å²) in [5.41, 5.74) is 5.82. The van der Waals surface area contributed by atoms with Gasteiger partial charge in [0.25, 0.3) is 5.92 Å². The topological polar surface area (TPSA) is 119 Å². The lowest BCUT2D eigenvalue weighted by Crippen LogP contribution is -2.53. The maximum atomic E-state index is 14.5. The molecule has 1 aromatic heterocycles. The summed E-state index contributed by atoms with van der Waals surface area (Å²) in [6.07, 6.45) is 0.181. The number of carbonyl (C=O) groups excluding carboxylic acids is 1. The van der Waals surface area contributed by atoms with Crippen molar-refractivity contribution in [2.45, 2.75) is 31.1 Å². The SMILES string of the molecule is CN(C)C(=O)C=C1CCN(CC2CC(F)(F)C(n3ccc(N)nc3=O)O2)CC1=[NH2+]. The predicted molar refractivity (Wildman–Crippen MR) is 101 cm³/mol. The fourth-order valence-electron chi connectivity index (χ4n) is 3.46. The van der Waals surface area contributed by atoms with Crippen LogP contribution in [0.3, 0.4) is 0 Å². The number of carbonyl (C=O) groups is 1. The van der Waals surface area contributed by atoms with Gasteiger partial charge in [0.15, 0.2) is 5.71 Å². The van der Waals surface area contributed by atoms with Gasteiger partial charge < -0.3 is 15.4 Å². The molecule has 0 aliphatic carbocycles. The van der Waals surface area contributed by atoms with E-state index in [0.29, 0.717) is 25.2 Å². The molecule has 158 valence electrons. The molecule has 2 aliphatic rings. The van der Waals surface area contributed by atoms with Crippen molar-refractivity contribution in [3.05, 3.63) is 34.4 Å². The summed E-state index contributed by atoms with van der Waals surface area (Å²) in [5.74, 6) is -3.42. The quantitative estimate of drug-likeness (QED) is 0.593. The molecule has 2 unspecified atom stereocenters. The summed E-state index contributed by atoms with van der Waals surface area (Å²) in [6.45, 7) is 1.15. The van der Waals surface area contributed by atoms with E-state index in [-0.39, 0.29) is 18.3 Å². The standard InChI is InChI=1S/C18H24F2N6O3/c1-24(2)15(27)7-11-3-5-25(10-13(11)21)9-12-8-18(19,20)16(29-12)26-6-4-14(22)23-17(26)28/h4,6-7,12,16,21H,3,5,8-10H2,1-2H3,(H2,22,23,28)/p+1. The Labute approximate surface area is 166 Å². The zero-order valence-electron chi connectivity index (χ0n) is 16.3. The van der Waals surface area contributed by atoms with Crippen molar-refractivity contribution < 1.29 is 23.7 Å². The molecule has 2 fully saturated rings. The van der Waals surface area contributed by atoms with Crippen molar-refractivity contribution in [2.24, 2.45) is 0 Å². The number of hydrogen-bond donors (Lipinski definition) is 2.